The average Bonchev–Trinajstić information content (AvgIpc) is 2.96. The number of nitrogens with one attached hydrogen (secondary N) is 1. The standard InChI is InChI=1S/C14H18N4O2/c1-3-10(4-2)13(19)16-9-12-17-18-14(20-12)11-6-5-7-15-8-11/h5-8,10H,3-4,9H2,1-2H3,(H,16,19). The molecule has 106 valence electrons. The molecule has 1 amide bonds. The average molecular weight is 274 g/mol. The minimum Gasteiger partial charge on any atom is -0.419 e. The van der Waals surface area contributed by atoms with Gasteiger partial charge in [-0.3, -0.25) is 9.78 Å². The number of amides is 1. The second kappa shape index (κ2) is 6.79. The lowest BCUT2D eigenvalue weighted by molar-refractivity contribution is -0.125. The molecule has 6 heteroatoms. The van der Waals surface area contributed by atoms with Crippen molar-refractivity contribution in [1.82, 2.24) is 20.5 Å². The van der Waals surface area contributed by atoms with Gasteiger partial charge in [-0.05, 0) is 25.0 Å². The number of rotatable bonds is 6. The van der Waals surface area contributed by atoms with Crippen molar-refractivity contribution in [3.63, 3.8) is 0 Å². The van der Waals surface area contributed by atoms with E-state index in [-0.39, 0.29) is 18.4 Å². The Balaban J connectivity index is 1.95. The smallest absolute Gasteiger partial charge is 0.249 e. The molecule has 0 aliphatic carbocycles. The Kier molecular flexibility index (Phi) is 4.81. The Bertz CT molecular complexity index is 549. The van der Waals surface area contributed by atoms with Gasteiger partial charge in [0.25, 0.3) is 0 Å². The molecular weight excluding hydrogens is 256 g/mol. The first-order chi connectivity index (χ1) is 9.74. The molecule has 0 aromatic carbocycles. The van der Waals surface area contributed by atoms with Crippen molar-refractivity contribution >= 4 is 5.91 Å². The number of aromatic nitrogens is 3. The summed E-state index contributed by atoms with van der Waals surface area (Å²) in [6.07, 6.45) is 4.98. The van der Waals surface area contributed by atoms with Gasteiger partial charge in [-0.1, -0.05) is 13.8 Å². The SMILES string of the molecule is CCC(CC)C(=O)NCc1nnc(-c2cccnc2)o1. The Labute approximate surface area is 117 Å². The molecule has 6 nitrogen and oxygen atoms in total. The van der Waals surface area contributed by atoms with Gasteiger partial charge in [0.15, 0.2) is 0 Å². The quantitative estimate of drug-likeness (QED) is 0.873. The molecule has 0 aliphatic rings. The predicted octanol–water partition coefficient (Wildman–Crippen LogP) is 2.18. The molecule has 2 aromatic heterocycles. The summed E-state index contributed by atoms with van der Waals surface area (Å²) in [6, 6.07) is 3.64. The van der Waals surface area contributed by atoms with E-state index in [2.05, 4.69) is 20.5 Å². The first kappa shape index (κ1) is 14.2. The summed E-state index contributed by atoms with van der Waals surface area (Å²) < 4.78 is 5.49. The molecular formula is C14H18N4O2. The molecule has 0 radical (unpaired) electrons. The second-order valence-electron chi connectivity index (χ2n) is 4.47. The number of carbonyl (C=O) groups is 1. The first-order valence-electron chi connectivity index (χ1n) is 6.75. The van der Waals surface area contributed by atoms with Crippen molar-refractivity contribution in [2.75, 3.05) is 0 Å². The van der Waals surface area contributed by atoms with Crippen molar-refractivity contribution in [3.05, 3.63) is 30.4 Å². The van der Waals surface area contributed by atoms with Crippen LogP contribution in [-0.4, -0.2) is 21.1 Å². The highest BCUT2D eigenvalue weighted by Crippen LogP contribution is 2.16. The number of hydrogen-bond acceptors (Lipinski definition) is 5. The molecule has 0 aliphatic heterocycles. The van der Waals surface area contributed by atoms with Crippen LogP contribution in [0.25, 0.3) is 11.5 Å². The summed E-state index contributed by atoms with van der Waals surface area (Å²) >= 11 is 0. The van der Waals surface area contributed by atoms with Crippen molar-refractivity contribution in [2.45, 2.75) is 33.2 Å². The zero-order valence-corrected chi connectivity index (χ0v) is 11.7. The molecule has 1 N–H and O–H groups in total. The third kappa shape index (κ3) is 3.40. The fourth-order valence-electron chi connectivity index (χ4n) is 1.90. The third-order valence-electron chi connectivity index (χ3n) is 3.15. The largest absolute Gasteiger partial charge is 0.419 e. The summed E-state index contributed by atoms with van der Waals surface area (Å²) in [5, 5.41) is 10.7. The van der Waals surface area contributed by atoms with E-state index in [4.69, 9.17) is 4.42 Å². The maximum absolute atomic E-state index is 11.8. The van der Waals surface area contributed by atoms with Crippen LogP contribution in [0.4, 0.5) is 0 Å². The van der Waals surface area contributed by atoms with E-state index in [1.54, 1.807) is 18.5 Å². The van der Waals surface area contributed by atoms with Gasteiger partial charge in [0.05, 0.1) is 12.1 Å². The lowest BCUT2D eigenvalue weighted by Gasteiger charge is -2.10. The predicted molar refractivity (Wildman–Crippen MR) is 73.4 cm³/mol. The molecule has 2 heterocycles. The van der Waals surface area contributed by atoms with E-state index in [0.29, 0.717) is 11.8 Å². The Morgan fingerprint density at radius 1 is 1.35 bits per heavy atom. The first-order valence-corrected chi connectivity index (χ1v) is 6.75. The van der Waals surface area contributed by atoms with E-state index in [9.17, 15) is 4.79 Å². The van der Waals surface area contributed by atoms with Crippen LogP contribution in [0.3, 0.4) is 0 Å². The number of pyridine rings is 1. The highest BCUT2D eigenvalue weighted by Gasteiger charge is 2.15. The van der Waals surface area contributed by atoms with Crippen molar-refractivity contribution < 1.29 is 9.21 Å². The van der Waals surface area contributed by atoms with E-state index in [1.165, 1.54) is 0 Å². The highest BCUT2D eigenvalue weighted by molar-refractivity contribution is 5.78. The third-order valence-corrected chi connectivity index (χ3v) is 3.15. The zero-order chi connectivity index (χ0) is 14.4. The Morgan fingerprint density at radius 3 is 2.80 bits per heavy atom. The number of carbonyl (C=O) groups excluding carboxylic acids is 1. The molecule has 0 saturated heterocycles. The van der Waals surface area contributed by atoms with E-state index < -0.39 is 0 Å². The molecule has 2 aromatic rings. The van der Waals surface area contributed by atoms with Crippen LogP contribution in [0.15, 0.2) is 28.9 Å². The minimum atomic E-state index is 0.0242. The maximum atomic E-state index is 11.8. The van der Waals surface area contributed by atoms with E-state index in [0.717, 1.165) is 18.4 Å². The molecule has 2 rings (SSSR count). The molecule has 0 atom stereocenters. The summed E-state index contributed by atoms with van der Waals surface area (Å²) in [7, 11) is 0. The van der Waals surface area contributed by atoms with Gasteiger partial charge in [-0.2, -0.15) is 0 Å². The maximum Gasteiger partial charge on any atom is 0.249 e. The van der Waals surface area contributed by atoms with Crippen LogP contribution < -0.4 is 5.32 Å². The lowest BCUT2D eigenvalue weighted by atomic mass is 10.0. The van der Waals surface area contributed by atoms with Crippen LogP contribution in [-0.2, 0) is 11.3 Å². The van der Waals surface area contributed by atoms with Crippen molar-refractivity contribution in [2.24, 2.45) is 5.92 Å². The highest BCUT2D eigenvalue weighted by atomic mass is 16.4. The van der Waals surface area contributed by atoms with E-state index >= 15 is 0 Å². The molecule has 0 unspecified atom stereocenters. The normalized spacial score (nSPS) is 10.8. The minimum absolute atomic E-state index is 0.0242. The summed E-state index contributed by atoms with van der Waals surface area (Å²) in [5.41, 5.74) is 0.762. The summed E-state index contributed by atoms with van der Waals surface area (Å²) in [4.78, 5) is 15.8. The second-order valence-corrected chi connectivity index (χ2v) is 4.47. The van der Waals surface area contributed by atoms with Gasteiger partial charge in [-0.25, -0.2) is 0 Å². The Morgan fingerprint density at radius 2 is 2.15 bits per heavy atom. The van der Waals surface area contributed by atoms with Crippen LogP contribution in [0.5, 0.6) is 0 Å². The number of hydrogen-bond donors (Lipinski definition) is 1. The van der Waals surface area contributed by atoms with E-state index in [1.807, 2.05) is 19.9 Å². The van der Waals surface area contributed by atoms with Crippen LogP contribution in [0.2, 0.25) is 0 Å². The zero-order valence-electron chi connectivity index (χ0n) is 11.7. The summed E-state index contributed by atoms with van der Waals surface area (Å²) in [6.45, 7) is 4.25. The molecule has 0 spiro atoms. The van der Waals surface area contributed by atoms with Crippen LogP contribution in [0.1, 0.15) is 32.6 Å². The molecule has 0 fully saturated rings. The van der Waals surface area contributed by atoms with Gasteiger partial charge < -0.3 is 9.73 Å². The van der Waals surface area contributed by atoms with Crippen LogP contribution >= 0.6 is 0 Å². The van der Waals surface area contributed by atoms with Gasteiger partial charge in [0.2, 0.25) is 17.7 Å². The van der Waals surface area contributed by atoms with Gasteiger partial charge in [0, 0.05) is 18.3 Å². The molecule has 0 saturated carbocycles. The monoisotopic (exact) mass is 274 g/mol. The Hall–Kier alpha value is -2.24. The number of nitrogens with zero attached hydrogens (tertiary/aromatic N) is 3. The molecule has 20 heavy (non-hydrogen) atoms. The van der Waals surface area contributed by atoms with Crippen molar-refractivity contribution in [1.29, 1.82) is 0 Å². The lowest BCUT2D eigenvalue weighted by Crippen LogP contribution is -2.29. The van der Waals surface area contributed by atoms with Gasteiger partial charge in [-0.15, -0.1) is 10.2 Å². The van der Waals surface area contributed by atoms with Crippen molar-refractivity contribution in [3.8, 4) is 11.5 Å². The van der Waals surface area contributed by atoms with Crippen LogP contribution in [0, 0.1) is 5.92 Å². The van der Waals surface area contributed by atoms with Gasteiger partial charge >= 0.3 is 0 Å². The topological polar surface area (TPSA) is 80.9 Å². The van der Waals surface area contributed by atoms with Gasteiger partial charge in [0.1, 0.15) is 0 Å². The molecule has 0 bridgehead atoms. The fraction of sp³-hybridized carbons (Fsp3) is 0.429. The fourth-order valence-corrected chi connectivity index (χ4v) is 1.90. The summed E-state index contributed by atoms with van der Waals surface area (Å²) in [5.74, 6) is 0.861.